The average molecular weight is 359 g/mol. The van der Waals surface area contributed by atoms with Crippen LogP contribution in [-0.2, 0) is 5.54 Å². The highest BCUT2D eigenvalue weighted by Crippen LogP contribution is 2.36. The standard InChI is InChI=1S/C23H22N2S/c1-2-18-24-22(26)25-23(19-12-6-3-7-13-19,20-14-8-4-9-15-20)21-16-10-5-11-17-21/h2-17H,1,18H2,(H2,24,25,26). The third kappa shape index (κ3) is 3.68. The van der Waals surface area contributed by atoms with Gasteiger partial charge >= 0.3 is 0 Å². The molecule has 3 aromatic rings. The highest BCUT2D eigenvalue weighted by molar-refractivity contribution is 7.80. The second-order valence-corrected chi connectivity index (χ2v) is 6.38. The van der Waals surface area contributed by atoms with Crippen LogP contribution in [0.2, 0.25) is 0 Å². The minimum atomic E-state index is -0.588. The molecule has 0 aromatic heterocycles. The molecule has 0 bridgehead atoms. The van der Waals surface area contributed by atoms with E-state index < -0.39 is 5.54 Å². The molecule has 0 aliphatic carbocycles. The van der Waals surface area contributed by atoms with Gasteiger partial charge in [-0.1, -0.05) is 97.1 Å². The van der Waals surface area contributed by atoms with Crippen molar-refractivity contribution in [1.82, 2.24) is 10.6 Å². The zero-order valence-corrected chi connectivity index (χ0v) is 15.4. The summed E-state index contributed by atoms with van der Waals surface area (Å²) in [7, 11) is 0. The van der Waals surface area contributed by atoms with Crippen LogP contribution < -0.4 is 10.6 Å². The van der Waals surface area contributed by atoms with Crippen molar-refractivity contribution in [3.05, 3.63) is 120 Å². The zero-order chi connectivity index (χ0) is 18.2. The van der Waals surface area contributed by atoms with Crippen molar-refractivity contribution in [3.8, 4) is 0 Å². The van der Waals surface area contributed by atoms with Crippen molar-refractivity contribution in [1.29, 1.82) is 0 Å². The fraction of sp³-hybridized carbons (Fsp3) is 0.0870. The summed E-state index contributed by atoms with van der Waals surface area (Å²) < 4.78 is 0. The topological polar surface area (TPSA) is 24.1 Å². The zero-order valence-electron chi connectivity index (χ0n) is 14.6. The molecule has 0 saturated heterocycles. The van der Waals surface area contributed by atoms with Gasteiger partial charge in [-0.3, -0.25) is 0 Å². The molecule has 0 fully saturated rings. The minimum Gasteiger partial charge on any atom is -0.359 e. The van der Waals surface area contributed by atoms with E-state index in [1.54, 1.807) is 6.08 Å². The van der Waals surface area contributed by atoms with Crippen LogP contribution in [0.5, 0.6) is 0 Å². The quantitative estimate of drug-likeness (QED) is 0.382. The fourth-order valence-corrected chi connectivity index (χ4v) is 3.40. The summed E-state index contributed by atoms with van der Waals surface area (Å²) in [6, 6.07) is 31.2. The Hall–Kier alpha value is -2.91. The highest BCUT2D eigenvalue weighted by Gasteiger charge is 2.36. The smallest absolute Gasteiger partial charge is 0.167 e. The average Bonchev–Trinajstić information content (AvgIpc) is 2.72. The maximum Gasteiger partial charge on any atom is 0.167 e. The molecule has 0 atom stereocenters. The van der Waals surface area contributed by atoms with Gasteiger partial charge in [0.2, 0.25) is 0 Å². The van der Waals surface area contributed by atoms with E-state index in [0.717, 1.165) is 16.7 Å². The van der Waals surface area contributed by atoms with E-state index in [9.17, 15) is 0 Å². The first kappa shape index (κ1) is 17.9. The van der Waals surface area contributed by atoms with Gasteiger partial charge in [-0.2, -0.15) is 0 Å². The van der Waals surface area contributed by atoms with Crippen LogP contribution in [-0.4, -0.2) is 11.7 Å². The maximum absolute atomic E-state index is 5.60. The summed E-state index contributed by atoms with van der Waals surface area (Å²) in [5.74, 6) is 0. The van der Waals surface area contributed by atoms with Crippen LogP contribution in [0, 0.1) is 0 Å². The van der Waals surface area contributed by atoms with Gasteiger partial charge in [0.05, 0.1) is 0 Å². The van der Waals surface area contributed by atoms with Gasteiger partial charge in [0.15, 0.2) is 5.11 Å². The molecule has 2 nitrogen and oxygen atoms in total. The fourth-order valence-electron chi connectivity index (χ4n) is 3.16. The Labute approximate surface area is 160 Å². The lowest BCUT2D eigenvalue weighted by atomic mass is 9.77. The monoisotopic (exact) mass is 358 g/mol. The molecule has 0 heterocycles. The van der Waals surface area contributed by atoms with Crippen molar-refractivity contribution in [2.45, 2.75) is 5.54 Å². The van der Waals surface area contributed by atoms with Gasteiger partial charge in [-0.05, 0) is 28.9 Å². The van der Waals surface area contributed by atoms with Crippen LogP contribution in [0.3, 0.4) is 0 Å². The summed E-state index contributed by atoms with van der Waals surface area (Å²) >= 11 is 5.60. The largest absolute Gasteiger partial charge is 0.359 e. The summed E-state index contributed by atoms with van der Waals surface area (Å²) in [6.45, 7) is 4.37. The van der Waals surface area contributed by atoms with Crippen molar-refractivity contribution >= 4 is 17.3 Å². The first-order chi connectivity index (χ1) is 12.8. The molecule has 0 spiro atoms. The molecule has 3 heteroatoms. The molecule has 3 aromatic carbocycles. The molecule has 130 valence electrons. The Morgan fingerprint density at radius 1 is 0.769 bits per heavy atom. The molecule has 2 N–H and O–H groups in total. The second-order valence-electron chi connectivity index (χ2n) is 5.97. The predicted molar refractivity (Wildman–Crippen MR) is 113 cm³/mol. The number of hydrogen-bond acceptors (Lipinski definition) is 1. The van der Waals surface area contributed by atoms with E-state index in [4.69, 9.17) is 12.2 Å². The molecule has 3 rings (SSSR count). The number of rotatable bonds is 6. The Balaban J connectivity index is 2.21. The van der Waals surface area contributed by atoms with Gasteiger partial charge in [0, 0.05) is 6.54 Å². The Bertz CT molecular complexity index is 748. The number of hydrogen-bond donors (Lipinski definition) is 2. The van der Waals surface area contributed by atoms with Gasteiger partial charge in [-0.25, -0.2) is 0 Å². The van der Waals surface area contributed by atoms with Crippen LogP contribution >= 0.6 is 12.2 Å². The Kier molecular flexibility index (Phi) is 5.82. The lowest BCUT2D eigenvalue weighted by Gasteiger charge is -2.37. The van der Waals surface area contributed by atoms with Gasteiger partial charge in [-0.15, -0.1) is 6.58 Å². The molecule has 0 aliphatic rings. The van der Waals surface area contributed by atoms with E-state index in [0.29, 0.717) is 11.7 Å². The van der Waals surface area contributed by atoms with E-state index in [1.807, 2.05) is 18.2 Å². The highest BCUT2D eigenvalue weighted by atomic mass is 32.1. The molecule has 0 unspecified atom stereocenters. The van der Waals surface area contributed by atoms with Crippen molar-refractivity contribution < 1.29 is 0 Å². The molecule has 26 heavy (non-hydrogen) atoms. The summed E-state index contributed by atoms with van der Waals surface area (Å²) in [4.78, 5) is 0. The van der Waals surface area contributed by atoms with Gasteiger partial charge in [0.25, 0.3) is 0 Å². The van der Waals surface area contributed by atoms with E-state index >= 15 is 0 Å². The first-order valence-electron chi connectivity index (χ1n) is 8.61. The third-order valence-corrected chi connectivity index (χ3v) is 4.57. The SMILES string of the molecule is C=CCNC(=S)NC(c1ccccc1)(c1ccccc1)c1ccccc1. The van der Waals surface area contributed by atoms with Crippen molar-refractivity contribution in [2.75, 3.05) is 6.54 Å². The summed E-state index contributed by atoms with van der Waals surface area (Å²) in [5.41, 5.74) is 2.79. The van der Waals surface area contributed by atoms with E-state index in [1.165, 1.54) is 0 Å². The summed E-state index contributed by atoms with van der Waals surface area (Å²) in [5, 5.41) is 7.37. The van der Waals surface area contributed by atoms with Gasteiger partial charge < -0.3 is 10.6 Å². The van der Waals surface area contributed by atoms with Crippen LogP contribution in [0.15, 0.2) is 104 Å². The third-order valence-electron chi connectivity index (χ3n) is 4.33. The number of benzene rings is 3. The van der Waals surface area contributed by atoms with Crippen LogP contribution in [0.1, 0.15) is 16.7 Å². The van der Waals surface area contributed by atoms with Crippen molar-refractivity contribution in [2.24, 2.45) is 0 Å². The Morgan fingerprint density at radius 3 is 1.50 bits per heavy atom. The lowest BCUT2D eigenvalue weighted by molar-refractivity contribution is 0.569. The predicted octanol–water partition coefficient (Wildman–Crippen LogP) is 4.63. The minimum absolute atomic E-state index is 0.585. The Morgan fingerprint density at radius 2 is 1.15 bits per heavy atom. The number of thiocarbonyl (C=S) groups is 1. The van der Waals surface area contributed by atoms with E-state index in [2.05, 4.69) is 90.0 Å². The van der Waals surface area contributed by atoms with Crippen molar-refractivity contribution in [3.63, 3.8) is 0 Å². The molecule has 0 radical (unpaired) electrons. The van der Waals surface area contributed by atoms with Crippen LogP contribution in [0.25, 0.3) is 0 Å². The number of nitrogens with one attached hydrogen (secondary N) is 2. The molecule has 0 amide bonds. The lowest BCUT2D eigenvalue weighted by Crippen LogP contribution is -2.51. The molecular formula is C23H22N2S. The molecule has 0 saturated carbocycles. The van der Waals surface area contributed by atoms with Crippen LogP contribution in [0.4, 0.5) is 0 Å². The first-order valence-corrected chi connectivity index (χ1v) is 9.01. The van der Waals surface area contributed by atoms with E-state index in [-0.39, 0.29) is 0 Å². The maximum atomic E-state index is 5.60. The normalized spacial score (nSPS) is 10.8. The molecule has 0 aliphatic heterocycles. The second kappa shape index (κ2) is 8.45. The summed E-state index contributed by atoms with van der Waals surface area (Å²) in [6.07, 6.45) is 1.79. The molecular weight excluding hydrogens is 336 g/mol. The van der Waals surface area contributed by atoms with Gasteiger partial charge in [0.1, 0.15) is 5.54 Å².